The summed E-state index contributed by atoms with van der Waals surface area (Å²) in [6, 6.07) is 1.91. The lowest BCUT2D eigenvalue weighted by molar-refractivity contribution is 0.0551. The summed E-state index contributed by atoms with van der Waals surface area (Å²) in [4.78, 5) is 9.48. The Balaban J connectivity index is 1.99. The molecule has 7 heteroatoms. The molecule has 0 aliphatic carbocycles. The summed E-state index contributed by atoms with van der Waals surface area (Å²) < 4.78 is 5.14. The first-order chi connectivity index (χ1) is 8.70. The van der Waals surface area contributed by atoms with Gasteiger partial charge in [-0.05, 0) is 18.4 Å². The van der Waals surface area contributed by atoms with Crippen LogP contribution >= 0.6 is 23.1 Å². The quantitative estimate of drug-likeness (QED) is 0.622. The van der Waals surface area contributed by atoms with Crippen LogP contribution in [0.3, 0.4) is 0 Å². The van der Waals surface area contributed by atoms with Crippen LogP contribution in [0, 0.1) is 0 Å². The lowest BCUT2D eigenvalue weighted by atomic mass is 10.4. The number of aromatic nitrogens is 2. The van der Waals surface area contributed by atoms with Crippen molar-refractivity contribution in [3.05, 3.63) is 11.4 Å². The summed E-state index contributed by atoms with van der Waals surface area (Å²) >= 11 is 2.92. The van der Waals surface area contributed by atoms with E-state index < -0.39 is 6.10 Å². The highest BCUT2D eigenvalue weighted by Crippen LogP contribution is 2.26. The smallest absolute Gasteiger partial charge is 0.190 e. The average molecular weight is 285 g/mol. The maximum Gasteiger partial charge on any atom is 0.190 e. The van der Waals surface area contributed by atoms with E-state index in [9.17, 15) is 5.11 Å². The minimum atomic E-state index is -0.515. The first-order valence-electron chi connectivity index (χ1n) is 5.60. The largest absolute Gasteiger partial charge is 0.390 e. The van der Waals surface area contributed by atoms with Crippen molar-refractivity contribution in [1.82, 2.24) is 9.97 Å². The lowest BCUT2D eigenvalue weighted by Gasteiger charge is -2.09. The van der Waals surface area contributed by atoms with Crippen molar-refractivity contribution in [1.29, 1.82) is 0 Å². The highest BCUT2D eigenvalue weighted by Gasteiger charge is 2.10. The zero-order chi connectivity index (χ0) is 13.0. The molecule has 18 heavy (non-hydrogen) atoms. The van der Waals surface area contributed by atoms with Gasteiger partial charge in [-0.2, -0.15) is 0 Å². The Labute approximate surface area is 113 Å². The number of aliphatic hydroxyl groups is 1. The molecule has 2 rings (SSSR count). The van der Waals surface area contributed by atoms with Crippen LogP contribution in [0.4, 0.5) is 5.82 Å². The first-order valence-corrected chi connectivity index (χ1v) is 7.46. The topological polar surface area (TPSA) is 81.3 Å². The molecule has 0 aliphatic rings. The number of ether oxygens (including phenoxy) is 1. The number of nitrogen functional groups attached to an aromatic ring is 1. The van der Waals surface area contributed by atoms with Gasteiger partial charge in [0.1, 0.15) is 10.6 Å². The maximum absolute atomic E-state index is 9.65. The van der Waals surface area contributed by atoms with Crippen LogP contribution in [0.25, 0.3) is 10.2 Å². The molecule has 2 heterocycles. The number of anilines is 1. The van der Waals surface area contributed by atoms with Gasteiger partial charge in [-0.15, -0.1) is 11.3 Å². The van der Waals surface area contributed by atoms with Gasteiger partial charge in [0.15, 0.2) is 5.16 Å². The fraction of sp³-hybridized carbons (Fsp3) is 0.455. The number of nitrogens with two attached hydrogens (primary N) is 1. The average Bonchev–Trinajstić information content (AvgIpc) is 2.82. The van der Waals surface area contributed by atoms with Crippen LogP contribution < -0.4 is 5.73 Å². The second-order valence-electron chi connectivity index (χ2n) is 3.66. The third-order valence-corrected chi connectivity index (χ3v) is 4.05. The molecule has 2 aromatic rings. The molecule has 0 fully saturated rings. The van der Waals surface area contributed by atoms with Gasteiger partial charge < -0.3 is 15.6 Å². The van der Waals surface area contributed by atoms with Crippen molar-refractivity contribution in [2.45, 2.75) is 18.2 Å². The van der Waals surface area contributed by atoms with E-state index in [2.05, 4.69) is 9.97 Å². The van der Waals surface area contributed by atoms with E-state index >= 15 is 0 Å². The number of aliphatic hydroxyl groups excluding tert-OH is 1. The third-order valence-electron chi connectivity index (χ3n) is 2.25. The minimum absolute atomic E-state index is 0.334. The van der Waals surface area contributed by atoms with Crippen LogP contribution in [-0.4, -0.2) is 40.1 Å². The van der Waals surface area contributed by atoms with Crippen molar-refractivity contribution in [2.24, 2.45) is 0 Å². The number of fused-ring (bicyclic) bond motifs is 1. The molecular weight excluding hydrogens is 270 g/mol. The van der Waals surface area contributed by atoms with Gasteiger partial charge in [0.25, 0.3) is 0 Å². The molecule has 3 N–H and O–H groups in total. The van der Waals surface area contributed by atoms with Gasteiger partial charge in [0.2, 0.25) is 0 Å². The number of thiophene rings is 1. The molecule has 0 saturated carbocycles. The summed E-state index contributed by atoms with van der Waals surface area (Å²) in [5.74, 6) is 0.985. The van der Waals surface area contributed by atoms with Crippen molar-refractivity contribution in [3.8, 4) is 0 Å². The van der Waals surface area contributed by atoms with Crippen molar-refractivity contribution >= 4 is 39.1 Å². The summed E-state index contributed by atoms with van der Waals surface area (Å²) in [5.41, 5.74) is 5.84. The number of rotatable bonds is 6. The monoisotopic (exact) mass is 285 g/mol. The molecule has 0 aromatic carbocycles. The van der Waals surface area contributed by atoms with E-state index in [-0.39, 0.29) is 0 Å². The summed E-state index contributed by atoms with van der Waals surface area (Å²) in [6.45, 7) is 2.83. The number of hydrogen-bond acceptors (Lipinski definition) is 7. The van der Waals surface area contributed by atoms with Crippen molar-refractivity contribution in [2.75, 3.05) is 24.7 Å². The predicted octanol–water partition coefficient (Wildman–Crippen LogP) is 1.76. The Hall–Kier alpha value is -0.890. The Kier molecular flexibility index (Phi) is 4.76. The molecule has 2 aromatic heterocycles. The molecule has 0 amide bonds. The second kappa shape index (κ2) is 6.33. The standard InChI is InChI=1S/C11H15N3O2S2/c1-2-16-5-7(15)6-18-11-13-9(12)8-3-4-17-10(8)14-11/h3-4,7,15H,2,5-6H2,1H3,(H2,12,13,14). The van der Waals surface area contributed by atoms with E-state index in [1.54, 1.807) is 0 Å². The molecule has 0 spiro atoms. The van der Waals surface area contributed by atoms with Gasteiger partial charge in [-0.25, -0.2) is 9.97 Å². The van der Waals surface area contributed by atoms with Crippen LogP contribution in [0.15, 0.2) is 16.6 Å². The molecule has 1 atom stereocenters. The molecule has 0 radical (unpaired) electrons. The van der Waals surface area contributed by atoms with Crippen LogP contribution in [-0.2, 0) is 4.74 Å². The first kappa shape index (κ1) is 13.5. The third kappa shape index (κ3) is 3.32. The zero-order valence-corrected chi connectivity index (χ0v) is 11.6. The van der Waals surface area contributed by atoms with E-state index in [0.29, 0.717) is 29.9 Å². The fourth-order valence-corrected chi connectivity index (χ4v) is 2.98. The molecule has 5 nitrogen and oxygen atoms in total. The Morgan fingerprint density at radius 3 is 3.17 bits per heavy atom. The van der Waals surface area contributed by atoms with Crippen LogP contribution in [0.2, 0.25) is 0 Å². The number of nitrogens with zero attached hydrogens (tertiary/aromatic N) is 2. The summed E-state index contributed by atoms with van der Waals surface area (Å²) in [5, 5.41) is 13.1. The highest BCUT2D eigenvalue weighted by molar-refractivity contribution is 7.99. The normalized spacial score (nSPS) is 13.0. The molecule has 0 bridgehead atoms. The van der Waals surface area contributed by atoms with Crippen molar-refractivity contribution in [3.63, 3.8) is 0 Å². The highest BCUT2D eigenvalue weighted by atomic mass is 32.2. The van der Waals surface area contributed by atoms with Gasteiger partial charge in [-0.3, -0.25) is 0 Å². The zero-order valence-electron chi connectivity index (χ0n) is 10.00. The number of thioether (sulfide) groups is 1. The maximum atomic E-state index is 9.65. The van der Waals surface area contributed by atoms with Crippen LogP contribution in [0.5, 0.6) is 0 Å². The van der Waals surface area contributed by atoms with Crippen LogP contribution in [0.1, 0.15) is 6.92 Å². The van der Waals surface area contributed by atoms with Gasteiger partial charge >= 0.3 is 0 Å². The molecule has 1 unspecified atom stereocenters. The Morgan fingerprint density at radius 2 is 2.39 bits per heavy atom. The SMILES string of the molecule is CCOCC(O)CSc1nc(N)c2ccsc2n1. The molecule has 0 saturated heterocycles. The molecule has 0 aliphatic heterocycles. The summed E-state index contributed by atoms with van der Waals surface area (Å²) in [6.07, 6.45) is -0.515. The van der Waals surface area contributed by atoms with E-state index in [4.69, 9.17) is 10.5 Å². The fourth-order valence-electron chi connectivity index (χ4n) is 1.40. The van der Waals surface area contributed by atoms with Gasteiger partial charge in [0, 0.05) is 12.4 Å². The summed E-state index contributed by atoms with van der Waals surface area (Å²) in [7, 11) is 0. The molecule has 98 valence electrons. The second-order valence-corrected chi connectivity index (χ2v) is 5.54. The van der Waals surface area contributed by atoms with Gasteiger partial charge in [0.05, 0.1) is 18.1 Å². The molecular formula is C11H15N3O2S2. The predicted molar refractivity (Wildman–Crippen MR) is 75.1 cm³/mol. The Morgan fingerprint density at radius 1 is 1.56 bits per heavy atom. The minimum Gasteiger partial charge on any atom is -0.390 e. The van der Waals surface area contributed by atoms with Gasteiger partial charge in [-0.1, -0.05) is 11.8 Å². The van der Waals surface area contributed by atoms with Crippen molar-refractivity contribution < 1.29 is 9.84 Å². The van der Waals surface area contributed by atoms with E-state index in [0.717, 1.165) is 10.2 Å². The lowest BCUT2D eigenvalue weighted by Crippen LogP contribution is -2.18. The van der Waals surface area contributed by atoms with E-state index in [1.807, 2.05) is 18.4 Å². The van der Waals surface area contributed by atoms with E-state index in [1.165, 1.54) is 23.1 Å². The Bertz CT molecular complexity index is 518. The number of hydrogen-bond donors (Lipinski definition) is 2.